The second-order valence-corrected chi connectivity index (χ2v) is 4.96. The van der Waals surface area contributed by atoms with E-state index in [9.17, 15) is 22.8 Å². The first-order valence-electron chi connectivity index (χ1n) is 6.64. The van der Waals surface area contributed by atoms with Crippen LogP contribution in [0.4, 0.5) is 13.2 Å². The SMILES string of the molecule is COC(=O)C1=C(C)N(C)C(=O)C1=Cc1ccccc1C(F)(F)F. The largest absolute Gasteiger partial charge is 0.465 e. The van der Waals surface area contributed by atoms with Crippen molar-refractivity contribution in [2.45, 2.75) is 13.1 Å². The van der Waals surface area contributed by atoms with E-state index in [1.54, 1.807) is 0 Å². The van der Waals surface area contributed by atoms with E-state index in [4.69, 9.17) is 0 Å². The molecule has 1 amide bonds. The summed E-state index contributed by atoms with van der Waals surface area (Å²) in [6.45, 7) is 1.53. The molecule has 0 bridgehead atoms. The van der Waals surface area contributed by atoms with Crippen molar-refractivity contribution in [1.29, 1.82) is 0 Å². The smallest absolute Gasteiger partial charge is 0.416 e. The number of carbonyl (C=O) groups excluding carboxylic acids is 2. The summed E-state index contributed by atoms with van der Waals surface area (Å²) in [5, 5.41) is 0. The van der Waals surface area contributed by atoms with Gasteiger partial charge in [0.15, 0.2) is 0 Å². The number of rotatable bonds is 2. The first-order chi connectivity index (χ1) is 10.7. The number of esters is 1. The molecule has 1 aromatic carbocycles. The van der Waals surface area contributed by atoms with Gasteiger partial charge in [-0.05, 0) is 24.6 Å². The predicted octanol–water partition coefficient (Wildman–Crippen LogP) is 3.01. The summed E-state index contributed by atoms with van der Waals surface area (Å²) in [6.07, 6.45) is -3.49. The van der Waals surface area contributed by atoms with E-state index < -0.39 is 23.6 Å². The number of hydrogen-bond acceptors (Lipinski definition) is 3. The van der Waals surface area contributed by atoms with E-state index >= 15 is 0 Å². The highest BCUT2D eigenvalue weighted by molar-refractivity contribution is 6.16. The molecule has 0 N–H and O–H groups in total. The molecule has 1 aromatic rings. The summed E-state index contributed by atoms with van der Waals surface area (Å²) in [4.78, 5) is 25.3. The molecule has 4 nitrogen and oxygen atoms in total. The Labute approximate surface area is 130 Å². The molecule has 0 aromatic heterocycles. The predicted molar refractivity (Wildman–Crippen MR) is 76.9 cm³/mol. The van der Waals surface area contributed by atoms with Crippen LogP contribution in [0.5, 0.6) is 0 Å². The third kappa shape index (κ3) is 2.99. The van der Waals surface area contributed by atoms with E-state index in [-0.39, 0.29) is 16.7 Å². The molecule has 2 rings (SSSR count). The third-order valence-electron chi connectivity index (χ3n) is 3.62. The number of likely N-dealkylation sites (N-methyl/N-ethyl adjacent to an activating group) is 1. The van der Waals surface area contributed by atoms with Gasteiger partial charge in [-0.2, -0.15) is 13.2 Å². The molecule has 0 atom stereocenters. The number of amides is 1. The van der Waals surface area contributed by atoms with Crippen LogP contribution < -0.4 is 0 Å². The van der Waals surface area contributed by atoms with Crippen LogP contribution >= 0.6 is 0 Å². The Balaban J connectivity index is 2.63. The molecule has 0 saturated heterocycles. The summed E-state index contributed by atoms with van der Waals surface area (Å²) in [5.41, 5.74) is -0.882. The lowest BCUT2D eigenvalue weighted by Gasteiger charge is -2.11. The van der Waals surface area contributed by atoms with Crippen molar-refractivity contribution in [2.24, 2.45) is 0 Å². The summed E-state index contributed by atoms with van der Waals surface area (Å²) in [7, 11) is 2.59. The van der Waals surface area contributed by atoms with Gasteiger partial charge in [0, 0.05) is 12.7 Å². The molecule has 1 aliphatic rings. The number of hydrogen-bond donors (Lipinski definition) is 0. The topological polar surface area (TPSA) is 46.6 Å². The van der Waals surface area contributed by atoms with Crippen molar-refractivity contribution in [1.82, 2.24) is 4.90 Å². The van der Waals surface area contributed by atoms with Crippen molar-refractivity contribution >= 4 is 18.0 Å². The molecule has 1 aliphatic heterocycles. The highest BCUT2D eigenvalue weighted by Crippen LogP contribution is 2.35. The Morgan fingerprint density at radius 2 is 1.87 bits per heavy atom. The summed E-state index contributed by atoms with van der Waals surface area (Å²) >= 11 is 0. The van der Waals surface area contributed by atoms with Crippen LogP contribution in [0.25, 0.3) is 6.08 Å². The van der Waals surface area contributed by atoms with Gasteiger partial charge in [0.05, 0.1) is 23.8 Å². The average molecular weight is 325 g/mol. The molecule has 1 heterocycles. The standard InChI is InChI=1S/C16H14F3NO3/c1-9-13(15(22)23-3)11(14(21)20(9)2)8-10-6-4-5-7-12(10)16(17,18)19/h4-8H,1-3H3. The van der Waals surface area contributed by atoms with Crippen molar-refractivity contribution in [2.75, 3.05) is 14.2 Å². The Hall–Kier alpha value is -2.57. The Kier molecular flexibility index (Phi) is 4.31. The second kappa shape index (κ2) is 5.91. The minimum atomic E-state index is -4.56. The molecule has 122 valence electrons. The molecule has 7 heteroatoms. The number of ether oxygens (including phenoxy) is 1. The van der Waals surface area contributed by atoms with Crippen molar-refractivity contribution in [3.8, 4) is 0 Å². The van der Waals surface area contributed by atoms with E-state index in [0.29, 0.717) is 5.70 Å². The third-order valence-corrected chi connectivity index (χ3v) is 3.62. The summed E-state index contributed by atoms with van der Waals surface area (Å²) in [5.74, 6) is -1.32. The highest BCUT2D eigenvalue weighted by atomic mass is 19.4. The normalized spacial score (nSPS) is 17.2. The second-order valence-electron chi connectivity index (χ2n) is 4.96. The number of methoxy groups -OCH3 is 1. The molecule has 0 saturated carbocycles. The van der Waals surface area contributed by atoms with Crippen molar-refractivity contribution < 1.29 is 27.5 Å². The minimum absolute atomic E-state index is 0.0306. The van der Waals surface area contributed by atoms with Crippen LogP contribution in [0.3, 0.4) is 0 Å². The molecular weight excluding hydrogens is 311 g/mol. The van der Waals surface area contributed by atoms with E-state index in [0.717, 1.165) is 19.3 Å². The van der Waals surface area contributed by atoms with Gasteiger partial charge in [0.25, 0.3) is 5.91 Å². The van der Waals surface area contributed by atoms with Gasteiger partial charge in [0.1, 0.15) is 0 Å². The fourth-order valence-corrected chi connectivity index (χ4v) is 2.33. The Morgan fingerprint density at radius 1 is 1.26 bits per heavy atom. The molecular formula is C16H14F3NO3. The molecule has 0 radical (unpaired) electrons. The fourth-order valence-electron chi connectivity index (χ4n) is 2.33. The van der Waals surface area contributed by atoms with Gasteiger partial charge in [-0.15, -0.1) is 0 Å². The lowest BCUT2D eigenvalue weighted by atomic mass is 10.00. The van der Waals surface area contributed by atoms with E-state index in [1.165, 1.54) is 37.1 Å². The van der Waals surface area contributed by atoms with Crippen LogP contribution in [0.1, 0.15) is 18.1 Å². The molecule has 0 spiro atoms. The average Bonchev–Trinajstić information content (AvgIpc) is 2.70. The minimum Gasteiger partial charge on any atom is -0.465 e. The van der Waals surface area contributed by atoms with Gasteiger partial charge in [-0.25, -0.2) is 4.79 Å². The number of carbonyl (C=O) groups is 2. The quantitative estimate of drug-likeness (QED) is 0.620. The highest BCUT2D eigenvalue weighted by Gasteiger charge is 2.37. The monoisotopic (exact) mass is 325 g/mol. The number of benzene rings is 1. The van der Waals surface area contributed by atoms with Crippen LogP contribution in [-0.2, 0) is 20.5 Å². The zero-order chi connectivity index (χ0) is 17.4. The zero-order valence-corrected chi connectivity index (χ0v) is 12.7. The first kappa shape index (κ1) is 16.8. The fraction of sp³-hybridized carbons (Fsp3) is 0.250. The lowest BCUT2D eigenvalue weighted by molar-refractivity contribution is -0.138. The van der Waals surface area contributed by atoms with Crippen molar-refractivity contribution in [3.63, 3.8) is 0 Å². The maximum Gasteiger partial charge on any atom is 0.416 e. The first-order valence-corrected chi connectivity index (χ1v) is 6.64. The molecule has 0 fully saturated rings. The zero-order valence-electron chi connectivity index (χ0n) is 12.7. The van der Waals surface area contributed by atoms with Gasteiger partial charge in [-0.1, -0.05) is 18.2 Å². The van der Waals surface area contributed by atoms with Crippen molar-refractivity contribution in [3.05, 3.63) is 52.2 Å². The number of alkyl halides is 3. The lowest BCUT2D eigenvalue weighted by Crippen LogP contribution is -2.19. The van der Waals surface area contributed by atoms with Gasteiger partial charge >= 0.3 is 12.1 Å². The van der Waals surface area contributed by atoms with Gasteiger partial charge < -0.3 is 9.64 Å². The van der Waals surface area contributed by atoms with Crippen LogP contribution in [-0.4, -0.2) is 30.9 Å². The molecule has 0 unspecified atom stereocenters. The van der Waals surface area contributed by atoms with Gasteiger partial charge in [-0.3, -0.25) is 4.79 Å². The maximum absolute atomic E-state index is 13.1. The van der Waals surface area contributed by atoms with Crippen LogP contribution in [0, 0.1) is 0 Å². The Bertz CT molecular complexity index is 732. The number of nitrogens with zero attached hydrogens (tertiary/aromatic N) is 1. The van der Waals surface area contributed by atoms with E-state index in [1.807, 2.05) is 0 Å². The molecule has 23 heavy (non-hydrogen) atoms. The molecule has 0 aliphatic carbocycles. The summed E-state index contributed by atoms with van der Waals surface area (Å²) in [6, 6.07) is 4.85. The van der Waals surface area contributed by atoms with E-state index in [2.05, 4.69) is 4.74 Å². The number of allylic oxidation sites excluding steroid dienone is 1. The van der Waals surface area contributed by atoms with Crippen LogP contribution in [0.15, 0.2) is 41.1 Å². The van der Waals surface area contributed by atoms with Crippen LogP contribution in [0.2, 0.25) is 0 Å². The Morgan fingerprint density at radius 3 is 2.43 bits per heavy atom. The number of halogens is 3. The summed E-state index contributed by atoms with van der Waals surface area (Å²) < 4.78 is 43.8. The maximum atomic E-state index is 13.1. The van der Waals surface area contributed by atoms with Gasteiger partial charge in [0.2, 0.25) is 0 Å².